The van der Waals surface area contributed by atoms with E-state index in [9.17, 15) is 14.4 Å². The van der Waals surface area contributed by atoms with Gasteiger partial charge in [-0.2, -0.15) is 0 Å². The lowest BCUT2D eigenvalue weighted by Crippen LogP contribution is -2.30. The molecular formula is C53H92O6. The van der Waals surface area contributed by atoms with E-state index < -0.39 is 6.10 Å². The van der Waals surface area contributed by atoms with Gasteiger partial charge in [0.25, 0.3) is 0 Å². The Morgan fingerprint density at radius 3 is 1.05 bits per heavy atom. The van der Waals surface area contributed by atoms with E-state index in [2.05, 4.69) is 81.5 Å². The van der Waals surface area contributed by atoms with Crippen LogP contribution in [0.1, 0.15) is 239 Å². The second-order valence-corrected chi connectivity index (χ2v) is 16.3. The fourth-order valence-electron chi connectivity index (χ4n) is 6.78. The first-order valence-electron chi connectivity index (χ1n) is 24.8. The zero-order valence-corrected chi connectivity index (χ0v) is 38.8. The Labute approximate surface area is 364 Å². The van der Waals surface area contributed by atoms with Crippen molar-refractivity contribution in [2.75, 3.05) is 13.2 Å². The van der Waals surface area contributed by atoms with Crippen LogP contribution in [0.15, 0.2) is 60.8 Å². The third-order valence-electron chi connectivity index (χ3n) is 10.5. The summed E-state index contributed by atoms with van der Waals surface area (Å²) in [6.45, 7) is 6.46. The lowest BCUT2D eigenvalue weighted by molar-refractivity contribution is -0.167. The lowest BCUT2D eigenvalue weighted by atomic mass is 10.1. The quantitative estimate of drug-likeness (QED) is 0.0263. The van der Waals surface area contributed by atoms with E-state index in [0.717, 1.165) is 109 Å². The van der Waals surface area contributed by atoms with Gasteiger partial charge in [0.05, 0.1) is 0 Å². The predicted molar refractivity (Wildman–Crippen MR) is 251 cm³/mol. The van der Waals surface area contributed by atoms with Crippen molar-refractivity contribution in [2.24, 2.45) is 0 Å². The Morgan fingerprint density at radius 2 is 0.661 bits per heavy atom. The molecule has 59 heavy (non-hydrogen) atoms. The molecule has 0 aliphatic carbocycles. The highest BCUT2D eigenvalue weighted by molar-refractivity contribution is 5.71. The Hall–Kier alpha value is -2.89. The minimum atomic E-state index is -0.782. The smallest absolute Gasteiger partial charge is 0.306 e. The van der Waals surface area contributed by atoms with Crippen LogP contribution in [0, 0.1) is 0 Å². The second kappa shape index (κ2) is 47.8. The van der Waals surface area contributed by atoms with Crippen LogP contribution < -0.4 is 0 Å². The summed E-state index contributed by atoms with van der Waals surface area (Å²) in [4.78, 5) is 37.8. The largest absolute Gasteiger partial charge is 0.462 e. The molecule has 0 saturated heterocycles. The average Bonchev–Trinajstić information content (AvgIpc) is 3.23. The predicted octanol–water partition coefficient (Wildman–Crippen LogP) is 16.1. The highest BCUT2D eigenvalue weighted by Crippen LogP contribution is 2.14. The van der Waals surface area contributed by atoms with Crippen LogP contribution in [0.4, 0.5) is 0 Å². The molecule has 1 unspecified atom stereocenters. The third-order valence-corrected chi connectivity index (χ3v) is 10.5. The molecule has 0 heterocycles. The van der Waals surface area contributed by atoms with Crippen LogP contribution in [0.3, 0.4) is 0 Å². The lowest BCUT2D eigenvalue weighted by Gasteiger charge is -2.18. The minimum absolute atomic E-state index is 0.0832. The summed E-state index contributed by atoms with van der Waals surface area (Å²) < 4.78 is 16.7. The molecule has 0 fully saturated rings. The molecule has 0 rings (SSSR count). The molecular weight excluding hydrogens is 733 g/mol. The highest BCUT2D eigenvalue weighted by atomic mass is 16.6. The Morgan fingerprint density at radius 1 is 0.356 bits per heavy atom. The second-order valence-electron chi connectivity index (χ2n) is 16.3. The molecule has 0 bridgehead atoms. The zero-order valence-electron chi connectivity index (χ0n) is 38.8. The van der Waals surface area contributed by atoms with E-state index >= 15 is 0 Å². The van der Waals surface area contributed by atoms with Crippen molar-refractivity contribution >= 4 is 17.9 Å². The van der Waals surface area contributed by atoms with Crippen LogP contribution in [-0.4, -0.2) is 37.2 Å². The Balaban J connectivity index is 4.33. The maximum atomic E-state index is 12.7. The molecule has 6 heteroatoms. The Bertz CT molecular complexity index is 1090. The van der Waals surface area contributed by atoms with Crippen molar-refractivity contribution in [3.05, 3.63) is 60.8 Å². The average molecular weight is 825 g/mol. The first-order valence-corrected chi connectivity index (χ1v) is 24.8. The molecule has 0 amide bonds. The van der Waals surface area contributed by atoms with E-state index in [1.54, 1.807) is 0 Å². The molecule has 0 spiro atoms. The van der Waals surface area contributed by atoms with E-state index in [1.165, 1.54) is 89.9 Å². The summed E-state index contributed by atoms with van der Waals surface area (Å²) in [7, 11) is 0. The first-order chi connectivity index (χ1) is 29.0. The number of hydrogen-bond donors (Lipinski definition) is 0. The van der Waals surface area contributed by atoms with Crippen LogP contribution in [0.2, 0.25) is 0 Å². The van der Waals surface area contributed by atoms with Gasteiger partial charge < -0.3 is 14.2 Å². The summed E-state index contributed by atoms with van der Waals surface area (Å²) in [5.74, 6) is -0.911. The van der Waals surface area contributed by atoms with E-state index in [-0.39, 0.29) is 31.1 Å². The number of unbranched alkanes of at least 4 members (excludes halogenated alkanes) is 23. The van der Waals surface area contributed by atoms with Gasteiger partial charge in [0, 0.05) is 19.3 Å². The van der Waals surface area contributed by atoms with E-state index in [1.807, 2.05) is 0 Å². The summed E-state index contributed by atoms with van der Waals surface area (Å²) in [5.41, 5.74) is 0. The molecule has 0 radical (unpaired) electrons. The van der Waals surface area contributed by atoms with Crippen molar-refractivity contribution in [1.29, 1.82) is 0 Å². The molecule has 1 atom stereocenters. The van der Waals surface area contributed by atoms with Crippen LogP contribution >= 0.6 is 0 Å². The molecule has 0 aromatic heterocycles. The third kappa shape index (κ3) is 46.0. The summed E-state index contributed by atoms with van der Waals surface area (Å²) >= 11 is 0. The zero-order chi connectivity index (χ0) is 43.0. The highest BCUT2D eigenvalue weighted by Gasteiger charge is 2.19. The monoisotopic (exact) mass is 825 g/mol. The van der Waals surface area contributed by atoms with Gasteiger partial charge in [0.1, 0.15) is 13.2 Å². The number of rotatable bonds is 44. The summed E-state index contributed by atoms with van der Waals surface area (Å²) in [6.07, 6.45) is 57.8. The molecule has 0 aromatic carbocycles. The van der Waals surface area contributed by atoms with Gasteiger partial charge in [-0.1, -0.05) is 197 Å². The van der Waals surface area contributed by atoms with Gasteiger partial charge in [-0.05, 0) is 83.5 Å². The maximum Gasteiger partial charge on any atom is 0.306 e. The first kappa shape index (κ1) is 56.1. The van der Waals surface area contributed by atoms with Crippen LogP contribution in [0.25, 0.3) is 0 Å². The molecule has 0 aliphatic heterocycles. The standard InChI is InChI=1S/C53H92O6/c1-4-7-10-13-16-19-21-23-25-26-27-29-30-32-34-37-40-43-46-52(55)58-49-50(48-57-51(54)45-42-39-36-18-15-12-9-6-3)59-53(56)47-44-41-38-35-33-31-28-24-22-20-17-14-11-8-5-2/h8,11,17,19-21,24-26,28,50H,4-7,9-10,12-16,18,22-23,27,29-49H2,1-3H3/b11-8-,20-17-,21-19-,26-25-,28-24-. The number of carbonyl (C=O) groups is 3. The molecule has 0 aliphatic rings. The molecule has 0 saturated carbocycles. The minimum Gasteiger partial charge on any atom is -0.462 e. The fourth-order valence-corrected chi connectivity index (χ4v) is 6.78. The van der Waals surface area contributed by atoms with Gasteiger partial charge in [-0.3, -0.25) is 14.4 Å². The van der Waals surface area contributed by atoms with Crippen LogP contribution in [-0.2, 0) is 28.6 Å². The number of allylic oxidation sites excluding steroid dienone is 10. The summed E-state index contributed by atoms with van der Waals surface area (Å²) in [6, 6.07) is 0. The topological polar surface area (TPSA) is 78.9 Å². The van der Waals surface area contributed by atoms with Crippen molar-refractivity contribution in [2.45, 2.75) is 245 Å². The number of hydrogen-bond acceptors (Lipinski definition) is 6. The van der Waals surface area contributed by atoms with Gasteiger partial charge in [-0.25, -0.2) is 0 Å². The summed E-state index contributed by atoms with van der Waals surface area (Å²) in [5, 5.41) is 0. The van der Waals surface area contributed by atoms with E-state index in [0.29, 0.717) is 19.3 Å². The number of carbonyl (C=O) groups excluding carboxylic acids is 3. The van der Waals surface area contributed by atoms with Crippen LogP contribution in [0.5, 0.6) is 0 Å². The van der Waals surface area contributed by atoms with Crippen molar-refractivity contribution in [1.82, 2.24) is 0 Å². The maximum absolute atomic E-state index is 12.7. The molecule has 0 N–H and O–H groups in total. The fraction of sp³-hybridized carbons (Fsp3) is 0.755. The molecule has 6 nitrogen and oxygen atoms in total. The van der Waals surface area contributed by atoms with Gasteiger partial charge in [-0.15, -0.1) is 0 Å². The normalized spacial score (nSPS) is 12.5. The Kier molecular flexibility index (Phi) is 45.4. The van der Waals surface area contributed by atoms with E-state index in [4.69, 9.17) is 14.2 Å². The molecule has 340 valence electrons. The van der Waals surface area contributed by atoms with Crippen molar-refractivity contribution in [3.8, 4) is 0 Å². The van der Waals surface area contributed by atoms with Gasteiger partial charge >= 0.3 is 17.9 Å². The number of esters is 3. The molecule has 0 aromatic rings. The van der Waals surface area contributed by atoms with Gasteiger partial charge in [0.15, 0.2) is 6.10 Å². The van der Waals surface area contributed by atoms with Gasteiger partial charge in [0.2, 0.25) is 0 Å². The van der Waals surface area contributed by atoms with Crippen molar-refractivity contribution < 1.29 is 28.6 Å². The number of ether oxygens (including phenoxy) is 3. The van der Waals surface area contributed by atoms with Crippen molar-refractivity contribution in [3.63, 3.8) is 0 Å². The SMILES string of the molecule is CC/C=C\C/C=C\C/C=C\CCCCCCCC(=O)OC(COC(=O)CCCCCCCCCC)COC(=O)CCCCCCCCC/C=C\C/C=C\CCCCCC.